The minimum atomic E-state index is -0.412. The van der Waals surface area contributed by atoms with Gasteiger partial charge >= 0.3 is 0 Å². The lowest BCUT2D eigenvalue weighted by Gasteiger charge is -2.11. The first-order valence-corrected chi connectivity index (χ1v) is 8.03. The van der Waals surface area contributed by atoms with E-state index in [9.17, 15) is 10.1 Å². The summed E-state index contributed by atoms with van der Waals surface area (Å²) in [6.45, 7) is 0. The van der Waals surface area contributed by atoms with Crippen molar-refractivity contribution in [2.24, 2.45) is 0 Å². The van der Waals surface area contributed by atoms with E-state index in [1.54, 1.807) is 18.3 Å². The molecule has 0 amide bonds. The van der Waals surface area contributed by atoms with Crippen molar-refractivity contribution >= 4 is 28.1 Å². The molecule has 2 heterocycles. The van der Waals surface area contributed by atoms with E-state index in [0.717, 1.165) is 11.1 Å². The molecule has 0 fully saturated rings. The van der Waals surface area contributed by atoms with Crippen LogP contribution in [0.15, 0.2) is 79.0 Å². The number of nitrogens with one attached hydrogen (secondary N) is 1. The largest absolute Gasteiger partial charge is 0.340 e. The van der Waals surface area contributed by atoms with Crippen LogP contribution < -0.4 is 5.32 Å². The molecule has 0 bridgehead atoms. The van der Waals surface area contributed by atoms with Gasteiger partial charge in [0.1, 0.15) is 5.82 Å². The number of nitro benzene ring substituents is 1. The average molecular weight is 342 g/mol. The van der Waals surface area contributed by atoms with E-state index >= 15 is 0 Å². The molecule has 2 aromatic carbocycles. The highest BCUT2D eigenvalue weighted by atomic mass is 16.6. The Kier molecular flexibility index (Phi) is 3.99. The number of pyridine rings is 2. The lowest BCUT2D eigenvalue weighted by molar-refractivity contribution is -0.384. The first-order chi connectivity index (χ1) is 12.7. The van der Waals surface area contributed by atoms with Gasteiger partial charge in [-0.25, -0.2) is 4.98 Å². The monoisotopic (exact) mass is 342 g/mol. The fraction of sp³-hybridized carbons (Fsp3) is 0. The molecule has 1 N–H and O–H groups in total. The Morgan fingerprint density at radius 3 is 2.58 bits per heavy atom. The molecule has 0 aliphatic carbocycles. The summed E-state index contributed by atoms with van der Waals surface area (Å²) in [6.07, 6.45) is 1.69. The third-order valence-electron chi connectivity index (χ3n) is 3.96. The summed E-state index contributed by atoms with van der Waals surface area (Å²) in [7, 11) is 0. The minimum Gasteiger partial charge on any atom is -0.340 e. The van der Waals surface area contributed by atoms with Gasteiger partial charge in [-0.3, -0.25) is 15.1 Å². The second-order valence-electron chi connectivity index (χ2n) is 5.73. The topological polar surface area (TPSA) is 81.0 Å². The maximum atomic E-state index is 11.1. The molecule has 0 aliphatic rings. The van der Waals surface area contributed by atoms with Gasteiger partial charge in [0.2, 0.25) is 0 Å². The number of hydrogen-bond acceptors (Lipinski definition) is 5. The van der Waals surface area contributed by atoms with Gasteiger partial charge in [0.25, 0.3) is 5.69 Å². The van der Waals surface area contributed by atoms with Crippen molar-refractivity contribution < 1.29 is 4.92 Å². The molecule has 4 rings (SSSR count). The molecule has 26 heavy (non-hydrogen) atoms. The lowest BCUT2D eigenvalue weighted by Crippen LogP contribution is -1.97. The first-order valence-electron chi connectivity index (χ1n) is 8.03. The SMILES string of the molecule is O=[N+]([O-])c1cccc(-c2nc(Nc3ccccc3)cc3cccnc23)c1. The summed E-state index contributed by atoms with van der Waals surface area (Å²) in [6, 6.07) is 21.9. The number of para-hydroxylation sites is 1. The number of non-ortho nitro benzene ring substituents is 1. The standard InChI is InChI=1S/C20H14N4O2/c25-24(26)17-10-4-6-14(12-17)20-19-15(7-5-11-21-19)13-18(23-20)22-16-8-2-1-3-9-16/h1-13H,(H,22,23). The molecule has 0 aliphatic heterocycles. The van der Waals surface area contributed by atoms with Crippen LogP contribution in [0.2, 0.25) is 0 Å². The number of nitro groups is 1. The van der Waals surface area contributed by atoms with E-state index in [1.807, 2.05) is 48.5 Å². The van der Waals surface area contributed by atoms with Crippen LogP contribution in [0.5, 0.6) is 0 Å². The van der Waals surface area contributed by atoms with E-state index in [1.165, 1.54) is 12.1 Å². The summed E-state index contributed by atoms with van der Waals surface area (Å²) in [5, 5.41) is 15.3. The fourth-order valence-electron chi connectivity index (χ4n) is 2.79. The zero-order valence-corrected chi connectivity index (χ0v) is 13.7. The van der Waals surface area contributed by atoms with E-state index in [-0.39, 0.29) is 5.69 Å². The molecule has 4 aromatic rings. The molecule has 0 unspecified atom stereocenters. The summed E-state index contributed by atoms with van der Waals surface area (Å²) < 4.78 is 0. The maximum Gasteiger partial charge on any atom is 0.270 e. The van der Waals surface area contributed by atoms with Crippen molar-refractivity contribution in [1.82, 2.24) is 9.97 Å². The second kappa shape index (κ2) is 6.60. The van der Waals surface area contributed by atoms with Crippen molar-refractivity contribution in [1.29, 1.82) is 0 Å². The Morgan fingerprint density at radius 2 is 1.77 bits per heavy atom. The first kappa shape index (κ1) is 15.7. The Labute approximate surface area is 149 Å². The zero-order chi connectivity index (χ0) is 17.9. The smallest absolute Gasteiger partial charge is 0.270 e. The number of hydrogen-bond donors (Lipinski definition) is 1. The van der Waals surface area contributed by atoms with E-state index in [2.05, 4.69) is 15.3 Å². The van der Waals surface area contributed by atoms with Gasteiger partial charge in [-0.1, -0.05) is 36.4 Å². The van der Waals surface area contributed by atoms with Crippen molar-refractivity contribution in [3.8, 4) is 11.3 Å². The van der Waals surface area contributed by atoms with Gasteiger partial charge in [-0.05, 0) is 24.3 Å². The summed E-state index contributed by atoms with van der Waals surface area (Å²) in [5.41, 5.74) is 2.89. The molecule has 0 spiro atoms. The molecular formula is C20H14N4O2. The Morgan fingerprint density at radius 1 is 0.923 bits per heavy atom. The maximum absolute atomic E-state index is 11.1. The van der Waals surface area contributed by atoms with Crippen LogP contribution in [0.3, 0.4) is 0 Å². The van der Waals surface area contributed by atoms with Gasteiger partial charge in [0.05, 0.1) is 16.1 Å². The van der Waals surface area contributed by atoms with Crippen molar-refractivity contribution in [2.45, 2.75) is 0 Å². The quantitative estimate of drug-likeness (QED) is 0.419. The van der Waals surface area contributed by atoms with Crippen LogP contribution in [0.4, 0.5) is 17.2 Å². The van der Waals surface area contributed by atoms with Crippen LogP contribution in [-0.4, -0.2) is 14.9 Å². The third-order valence-corrected chi connectivity index (χ3v) is 3.96. The highest BCUT2D eigenvalue weighted by molar-refractivity contribution is 5.93. The molecule has 0 atom stereocenters. The van der Waals surface area contributed by atoms with Crippen molar-refractivity contribution in [2.75, 3.05) is 5.32 Å². The number of rotatable bonds is 4. The van der Waals surface area contributed by atoms with E-state index < -0.39 is 4.92 Å². The molecule has 6 heteroatoms. The van der Waals surface area contributed by atoms with Crippen LogP contribution in [0.1, 0.15) is 0 Å². The van der Waals surface area contributed by atoms with Crippen molar-refractivity contribution in [3.63, 3.8) is 0 Å². The molecule has 0 saturated heterocycles. The minimum absolute atomic E-state index is 0.0230. The summed E-state index contributed by atoms with van der Waals surface area (Å²) in [4.78, 5) is 19.8. The highest BCUT2D eigenvalue weighted by Gasteiger charge is 2.13. The van der Waals surface area contributed by atoms with Gasteiger partial charge in [0.15, 0.2) is 0 Å². The summed E-state index contributed by atoms with van der Waals surface area (Å²) in [5.74, 6) is 0.651. The number of anilines is 2. The Balaban J connectivity index is 1.87. The fourth-order valence-corrected chi connectivity index (χ4v) is 2.79. The highest BCUT2D eigenvalue weighted by Crippen LogP contribution is 2.30. The lowest BCUT2D eigenvalue weighted by atomic mass is 10.1. The number of aromatic nitrogens is 2. The predicted octanol–water partition coefficient (Wildman–Crippen LogP) is 4.95. The Bertz CT molecular complexity index is 1100. The number of nitrogens with zero attached hydrogens (tertiary/aromatic N) is 3. The second-order valence-corrected chi connectivity index (χ2v) is 5.73. The van der Waals surface area contributed by atoms with Gasteiger partial charge < -0.3 is 5.32 Å². The normalized spacial score (nSPS) is 10.6. The van der Waals surface area contributed by atoms with Gasteiger partial charge in [0, 0.05) is 35.0 Å². The van der Waals surface area contributed by atoms with Gasteiger partial charge in [-0.15, -0.1) is 0 Å². The third kappa shape index (κ3) is 3.08. The van der Waals surface area contributed by atoms with Crippen LogP contribution in [0, 0.1) is 10.1 Å². The van der Waals surface area contributed by atoms with Crippen molar-refractivity contribution in [3.05, 3.63) is 89.1 Å². The molecule has 126 valence electrons. The molecule has 6 nitrogen and oxygen atoms in total. The number of benzene rings is 2. The summed E-state index contributed by atoms with van der Waals surface area (Å²) >= 11 is 0. The molecular weight excluding hydrogens is 328 g/mol. The van der Waals surface area contributed by atoms with Crippen LogP contribution >= 0.6 is 0 Å². The van der Waals surface area contributed by atoms with Crippen LogP contribution in [0.25, 0.3) is 22.2 Å². The zero-order valence-electron chi connectivity index (χ0n) is 13.7. The average Bonchev–Trinajstić information content (AvgIpc) is 2.68. The molecule has 2 aromatic heterocycles. The van der Waals surface area contributed by atoms with Crippen LogP contribution in [-0.2, 0) is 0 Å². The Hall–Kier alpha value is -3.80. The van der Waals surface area contributed by atoms with E-state index in [4.69, 9.17) is 0 Å². The number of fused-ring (bicyclic) bond motifs is 1. The van der Waals surface area contributed by atoms with E-state index in [0.29, 0.717) is 22.6 Å². The molecule has 0 saturated carbocycles. The predicted molar refractivity (Wildman–Crippen MR) is 101 cm³/mol. The molecule has 0 radical (unpaired) electrons. The van der Waals surface area contributed by atoms with Gasteiger partial charge in [-0.2, -0.15) is 0 Å².